The number of amides is 1. The number of pyridine rings is 1. The standard InChI is InChI=1S/C17H13N3O2/c18-12-16-11-14(8-10-19-16)7-4-9-20-17(21)22-13-15-5-2-1-3-6-15/h1-3,5-6,8,10-11H,9,13H2,(H,20,21). The van der Waals surface area contributed by atoms with Crippen molar-refractivity contribution in [1.29, 1.82) is 5.26 Å². The zero-order valence-corrected chi connectivity index (χ0v) is 11.7. The maximum atomic E-state index is 11.5. The van der Waals surface area contributed by atoms with Crippen LogP contribution < -0.4 is 5.32 Å². The van der Waals surface area contributed by atoms with Crippen LogP contribution >= 0.6 is 0 Å². The molecule has 0 unspecified atom stereocenters. The zero-order valence-electron chi connectivity index (χ0n) is 11.7. The van der Waals surface area contributed by atoms with Crippen LogP contribution in [0.25, 0.3) is 0 Å². The summed E-state index contributed by atoms with van der Waals surface area (Å²) in [6, 6.07) is 14.6. The third kappa shape index (κ3) is 4.99. The third-order valence-corrected chi connectivity index (χ3v) is 2.64. The number of nitrogens with zero attached hydrogens (tertiary/aromatic N) is 2. The van der Waals surface area contributed by atoms with E-state index in [1.807, 2.05) is 36.4 Å². The van der Waals surface area contributed by atoms with Crippen molar-refractivity contribution in [2.24, 2.45) is 0 Å². The van der Waals surface area contributed by atoms with E-state index in [1.165, 1.54) is 6.20 Å². The predicted molar refractivity (Wildman–Crippen MR) is 80.5 cm³/mol. The molecule has 0 saturated carbocycles. The molecule has 1 aromatic carbocycles. The Hall–Kier alpha value is -3.31. The van der Waals surface area contributed by atoms with Crippen LogP contribution in [0.1, 0.15) is 16.8 Å². The molecule has 2 aromatic rings. The van der Waals surface area contributed by atoms with Gasteiger partial charge in [0.05, 0.1) is 6.54 Å². The van der Waals surface area contributed by atoms with Crippen molar-refractivity contribution >= 4 is 6.09 Å². The highest BCUT2D eigenvalue weighted by Crippen LogP contribution is 2.00. The Bertz CT molecular complexity index is 740. The van der Waals surface area contributed by atoms with Crippen LogP contribution in [0.15, 0.2) is 48.7 Å². The lowest BCUT2D eigenvalue weighted by atomic mass is 10.2. The quantitative estimate of drug-likeness (QED) is 0.880. The summed E-state index contributed by atoms with van der Waals surface area (Å²) in [5.74, 6) is 5.62. The van der Waals surface area contributed by atoms with Gasteiger partial charge in [0, 0.05) is 11.8 Å². The SMILES string of the molecule is N#Cc1cc(C#CCNC(=O)OCc2ccccc2)ccn1. The van der Waals surface area contributed by atoms with Crippen molar-refractivity contribution in [3.8, 4) is 17.9 Å². The van der Waals surface area contributed by atoms with E-state index in [-0.39, 0.29) is 13.2 Å². The van der Waals surface area contributed by atoms with E-state index in [0.717, 1.165) is 5.56 Å². The first-order valence-corrected chi connectivity index (χ1v) is 6.57. The molecule has 1 aromatic heterocycles. The normalized spacial score (nSPS) is 9.05. The largest absolute Gasteiger partial charge is 0.445 e. The van der Waals surface area contributed by atoms with Crippen molar-refractivity contribution in [3.63, 3.8) is 0 Å². The molecule has 1 N–H and O–H groups in total. The molecule has 0 bridgehead atoms. The van der Waals surface area contributed by atoms with Gasteiger partial charge < -0.3 is 10.1 Å². The number of nitriles is 1. The van der Waals surface area contributed by atoms with E-state index >= 15 is 0 Å². The fraction of sp³-hybridized carbons (Fsp3) is 0.118. The van der Waals surface area contributed by atoms with Gasteiger partial charge in [0.25, 0.3) is 0 Å². The number of benzene rings is 1. The fourth-order valence-corrected chi connectivity index (χ4v) is 1.61. The molecule has 0 saturated heterocycles. The Labute approximate surface area is 128 Å². The van der Waals surface area contributed by atoms with Crippen molar-refractivity contribution in [1.82, 2.24) is 10.3 Å². The summed E-state index contributed by atoms with van der Waals surface area (Å²) < 4.78 is 5.05. The van der Waals surface area contributed by atoms with Crippen molar-refractivity contribution in [2.45, 2.75) is 6.61 Å². The summed E-state index contributed by atoms with van der Waals surface area (Å²) in [6.45, 7) is 0.383. The van der Waals surface area contributed by atoms with E-state index in [0.29, 0.717) is 11.3 Å². The number of alkyl carbamates (subject to hydrolysis) is 1. The van der Waals surface area contributed by atoms with Gasteiger partial charge in [-0.25, -0.2) is 9.78 Å². The molecule has 0 radical (unpaired) electrons. The number of nitrogens with one attached hydrogen (secondary N) is 1. The number of hydrogen-bond acceptors (Lipinski definition) is 4. The molecule has 0 spiro atoms. The smallest absolute Gasteiger partial charge is 0.408 e. The number of rotatable bonds is 3. The van der Waals surface area contributed by atoms with Gasteiger partial charge in [-0.15, -0.1) is 0 Å². The average Bonchev–Trinajstić information content (AvgIpc) is 2.58. The number of carbonyl (C=O) groups is 1. The van der Waals surface area contributed by atoms with Gasteiger partial charge in [-0.1, -0.05) is 42.2 Å². The van der Waals surface area contributed by atoms with Gasteiger partial charge in [0.15, 0.2) is 0 Å². The first-order valence-electron chi connectivity index (χ1n) is 6.57. The molecule has 0 aliphatic rings. The Morgan fingerprint density at radius 1 is 1.27 bits per heavy atom. The molecule has 0 fully saturated rings. The summed E-state index contributed by atoms with van der Waals surface area (Å²) >= 11 is 0. The molecule has 0 aliphatic heterocycles. The minimum Gasteiger partial charge on any atom is -0.445 e. The summed E-state index contributed by atoms with van der Waals surface area (Å²) in [7, 11) is 0. The Morgan fingerprint density at radius 2 is 2.09 bits per heavy atom. The second-order valence-corrected chi connectivity index (χ2v) is 4.26. The van der Waals surface area contributed by atoms with Crippen molar-refractivity contribution in [2.75, 3.05) is 6.54 Å². The van der Waals surface area contributed by atoms with E-state index in [1.54, 1.807) is 12.1 Å². The highest BCUT2D eigenvalue weighted by Gasteiger charge is 2.00. The summed E-state index contributed by atoms with van der Waals surface area (Å²) in [6.07, 6.45) is 0.995. The second kappa shape index (κ2) is 8.08. The van der Waals surface area contributed by atoms with Crippen LogP contribution in [0.5, 0.6) is 0 Å². The summed E-state index contributed by atoms with van der Waals surface area (Å²) in [4.78, 5) is 15.3. The Balaban J connectivity index is 1.75. The average molecular weight is 291 g/mol. The fourth-order valence-electron chi connectivity index (χ4n) is 1.61. The van der Waals surface area contributed by atoms with Gasteiger partial charge in [0.2, 0.25) is 0 Å². The number of hydrogen-bond donors (Lipinski definition) is 1. The molecule has 1 heterocycles. The van der Waals surface area contributed by atoms with Crippen molar-refractivity contribution < 1.29 is 9.53 Å². The number of ether oxygens (including phenoxy) is 1. The highest BCUT2D eigenvalue weighted by molar-refractivity contribution is 5.67. The lowest BCUT2D eigenvalue weighted by molar-refractivity contribution is 0.141. The first kappa shape index (κ1) is 15.1. The van der Waals surface area contributed by atoms with Crippen LogP contribution in [0.3, 0.4) is 0 Å². The molecule has 2 rings (SSSR count). The van der Waals surface area contributed by atoms with E-state index < -0.39 is 6.09 Å². The van der Waals surface area contributed by atoms with Gasteiger partial charge in [-0.3, -0.25) is 0 Å². The number of aromatic nitrogens is 1. The molecule has 0 atom stereocenters. The van der Waals surface area contributed by atoms with Crippen LogP contribution in [0.4, 0.5) is 4.79 Å². The molecular formula is C17H13N3O2. The van der Waals surface area contributed by atoms with E-state index in [2.05, 4.69) is 22.1 Å². The van der Waals surface area contributed by atoms with Crippen molar-refractivity contribution in [3.05, 3.63) is 65.5 Å². The lowest BCUT2D eigenvalue weighted by Crippen LogP contribution is -2.24. The monoisotopic (exact) mass is 291 g/mol. The minimum absolute atomic E-state index is 0.165. The zero-order chi connectivity index (χ0) is 15.6. The lowest BCUT2D eigenvalue weighted by Gasteiger charge is -2.04. The summed E-state index contributed by atoms with van der Waals surface area (Å²) in [5, 5.41) is 11.3. The highest BCUT2D eigenvalue weighted by atomic mass is 16.5. The molecule has 1 amide bonds. The molecule has 5 nitrogen and oxygen atoms in total. The maximum absolute atomic E-state index is 11.5. The maximum Gasteiger partial charge on any atom is 0.408 e. The van der Waals surface area contributed by atoms with Gasteiger partial charge in [0.1, 0.15) is 18.4 Å². The van der Waals surface area contributed by atoms with Crippen LogP contribution in [0.2, 0.25) is 0 Å². The molecule has 22 heavy (non-hydrogen) atoms. The second-order valence-electron chi connectivity index (χ2n) is 4.26. The van der Waals surface area contributed by atoms with Gasteiger partial charge in [-0.2, -0.15) is 5.26 Å². The molecule has 5 heteroatoms. The molecule has 0 aliphatic carbocycles. The van der Waals surface area contributed by atoms with Gasteiger partial charge >= 0.3 is 6.09 Å². The molecule has 108 valence electrons. The molecular weight excluding hydrogens is 278 g/mol. The first-order chi connectivity index (χ1) is 10.8. The number of carbonyl (C=O) groups excluding carboxylic acids is 1. The Morgan fingerprint density at radius 3 is 2.86 bits per heavy atom. The third-order valence-electron chi connectivity index (χ3n) is 2.64. The topological polar surface area (TPSA) is 75.0 Å². The van der Waals surface area contributed by atoms with E-state index in [4.69, 9.17) is 10.00 Å². The summed E-state index contributed by atoms with van der Waals surface area (Å²) in [5.41, 5.74) is 1.90. The van der Waals surface area contributed by atoms with Crippen LogP contribution in [-0.2, 0) is 11.3 Å². The van der Waals surface area contributed by atoms with Crippen LogP contribution in [-0.4, -0.2) is 17.6 Å². The Kier molecular flexibility index (Phi) is 5.54. The predicted octanol–water partition coefficient (Wildman–Crippen LogP) is 2.23. The minimum atomic E-state index is -0.523. The van der Waals surface area contributed by atoms with Gasteiger partial charge in [-0.05, 0) is 17.7 Å². The van der Waals surface area contributed by atoms with E-state index in [9.17, 15) is 4.79 Å². The van der Waals surface area contributed by atoms with Crippen LogP contribution in [0, 0.1) is 23.2 Å².